The van der Waals surface area contributed by atoms with Crippen LogP contribution < -0.4 is 0 Å². The van der Waals surface area contributed by atoms with Crippen molar-refractivity contribution in [1.82, 2.24) is 0 Å². The molecule has 2 fully saturated rings. The Hall–Kier alpha value is 0.870. The van der Waals surface area contributed by atoms with Gasteiger partial charge in [-0.05, 0) is 63.9 Å². The van der Waals surface area contributed by atoms with Crippen LogP contribution in [-0.4, -0.2) is 18.5 Å². The number of hydrogen-bond donors (Lipinski definition) is 0. The molecule has 1 unspecified atom stereocenters. The van der Waals surface area contributed by atoms with Gasteiger partial charge in [0.15, 0.2) is 6.29 Å². The molecule has 1 saturated heterocycles. The lowest BCUT2D eigenvalue weighted by Gasteiger charge is -2.34. The van der Waals surface area contributed by atoms with Crippen LogP contribution in [0.1, 0.15) is 45.4 Å². The van der Waals surface area contributed by atoms with Crippen LogP contribution in [0.5, 0.6) is 0 Å². The molecule has 1 spiro atoms. The molecule has 0 aromatic carbocycles. The molecule has 1 heterocycles. The fraction of sp³-hybridized carbons (Fsp3) is 0.833. The van der Waals surface area contributed by atoms with Crippen LogP contribution in [0.3, 0.4) is 0 Å². The molecule has 0 radical (unpaired) electrons. The Morgan fingerprint density at radius 3 is 2.75 bits per heavy atom. The van der Waals surface area contributed by atoms with E-state index in [4.69, 9.17) is 9.47 Å². The molecule has 1 aliphatic heterocycles. The lowest BCUT2D eigenvalue weighted by Crippen LogP contribution is -2.34. The van der Waals surface area contributed by atoms with E-state index in [1.54, 1.807) is 0 Å². The lowest BCUT2D eigenvalue weighted by molar-refractivity contribution is -0.170. The summed E-state index contributed by atoms with van der Waals surface area (Å²) in [6, 6.07) is 0. The molecule has 2 aliphatic rings. The van der Waals surface area contributed by atoms with Gasteiger partial charge in [0, 0.05) is 13.0 Å². The highest BCUT2D eigenvalue weighted by atomic mass is 127. The average molecular weight is 401 g/mol. The van der Waals surface area contributed by atoms with Gasteiger partial charge in [-0.15, -0.1) is 0 Å². The first-order valence-electron chi connectivity index (χ1n) is 6.02. The quantitative estimate of drug-likeness (QED) is 0.634. The van der Waals surface area contributed by atoms with Gasteiger partial charge in [0.2, 0.25) is 0 Å². The molecule has 0 aromatic rings. The van der Waals surface area contributed by atoms with Gasteiger partial charge in [0.25, 0.3) is 0 Å². The van der Waals surface area contributed by atoms with Crippen molar-refractivity contribution in [2.75, 3.05) is 6.61 Å². The van der Waals surface area contributed by atoms with Crippen LogP contribution in [0.4, 0.5) is 0 Å². The molecule has 2 nitrogen and oxygen atoms in total. The van der Waals surface area contributed by atoms with E-state index in [2.05, 4.69) is 38.5 Å². The second-order valence-electron chi connectivity index (χ2n) is 4.50. The minimum absolute atomic E-state index is 0.0158. The Morgan fingerprint density at radius 1 is 1.50 bits per heavy atom. The first-order chi connectivity index (χ1) is 7.68. The summed E-state index contributed by atoms with van der Waals surface area (Å²) in [6.45, 7) is 2.75. The van der Waals surface area contributed by atoms with Crippen molar-refractivity contribution >= 4 is 38.5 Å². The van der Waals surface area contributed by atoms with Gasteiger partial charge < -0.3 is 9.47 Å². The first-order valence-corrected chi connectivity index (χ1v) is 7.89. The summed E-state index contributed by atoms with van der Waals surface area (Å²) >= 11 is 5.98. The Kier molecular flexibility index (Phi) is 4.72. The molecular weight excluding hydrogens is 383 g/mol. The van der Waals surface area contributed by atoms with Crippen molar-refractivity contribution in [2.24, 2.45) is 0 Å². The van der Waals surface area contributed by atoms with Crippen molar-refractivity contribution in [3.63, 3.8) is 0 Å². The third-order valence-electron chi connectivity index (χ3n) is 3.52. The molecular formula is C12H18BrIO2. The lowest BCUT2D eigenvalue weighted by atomic mass is 9.80. The van der Waals surface area contributed by atoms with Gasteiger partial charge in [0.05, 0.1) is 8.09 Å². The summed E-state index contributed by atoms with van der Waals surface area (Å²) in [5.41, 5.74) is 1.41. The third kappa shape index (κ3) is 2.65. The standard InChI is InChI=1S/C12H18BrIO2/c1-2-15-10-8-9(11(13)14)12(16-10)6-4-3-5-7-12/h10H,2-8H2,1H3/b11-9+. The first kappa shape index (κ1) is 13.3. The van der Waals surface area contributed by atoms with E-state index in [1.165, 1.54) is 27.3 Å². The predicted molar refractivity (Wildman–Crippen MR) is 76.9 cm³/mol. The topological polar surface area (TPSA) is 18.5 Å². The molecule has 0 bridgehead atoms. The molecule has 0 N–H and O–H groups in total. The monoisotopic (exact) mass is 400 g/mol. The molecule has 2 rings (SSSR count). The largest absolute Gasteiger partial charge is 0.353 e. The molecule has 1 saturated carbocycles. The third-order valence-corrected chi connectivity index (χ3v) is 4.65. The summed E-state index contributed by atoms with van der Waals surface area (Å²) in [7, 11) is 0. The second kappa shape index (κ2) is 5.67. The van der Waals surface area contributed by atoms with Crippen LogP contribution in [0.15, 0.2) is 8.06 Å². The maximum absolute atomic E-state index is 6.19. The highest BCUT2D eigenvalue weighted by Crippen LogP contribution is 2.49. The zero-order chi connectivity index (χ0) is 11.6. The Bertz CT molecular complexity index is 281. The Balaban J connectivity index is 2.18. The summed E-state index contributed by atoms with van der Waals surface area (Å²) < 4.78 is 13.0. The maximum atomic E-state index is 6.19. The Labute approximate surface area is 119 Å². The van der Waals surface area contributed by atoms with E-state index >= 15 is 0 Å². The van der Waals surface area contributed by atoms with E-state index in [0.29, 0.717) is 0 Å². The molecule has 16 heavy (non-hydrogen) atoms. The SMILES string of the molecule is CCOC1C/C(=C(/Br)I)C2(CCCCC2)O1. The molecule has 0 amide bonds. The summed E-state index contributed by atoms with van der Waals surface area (Å²) in [6.07, 6.45) is 7.11. The molecule has 0 aromatic heterocycles. The van der Waals surface area contributed by atoms with Crippen molar-refractivity contribution < 1.29 is 9.47 Å². The van der Waals surface area contributed by atoms with E-state index in [9.17, 15) is 0 Å². The van der Waals surface area contributed by atoms with Gasteiger partial charge in [-0.2, -0.15) is 0 Å². The fourth-order valence-electron chi connectivity index (χ4n) is 2.79. The fourth-order valence-corrected chi connectivity index (χ4v) is 4.02. The van der Waals surface area contributed by atoms with Gasteiger partial charge in [-0.1, -0.05) is 19.3 Å². The number of halogens is 2. The smallest absolute Gasteiger partial charge is 0.162 e. The minimum Gasteiger partial charge on any atom is -0.353 e. The van der Waals surface area contributed by atoms with Crippen LogP contribution in [0.2, 0.25) is 0 Å². The molecule has 92 valence electrons. The number of rotatable bonds is 2. The molecule has 1 aliphatic carbocycles. The highest BCUT2D eigenvalue weighted by Gasteiger charge is 2.46. The molecule has 1 atom stereocenters. The van der Waals surface area contributed by atoms with Gasteiger partial charge in [-0.3, -0.25) is 0 Å². The van der Waals surface area contributed by atoms with Crippen molar-refractivity contribution in [3.05, 3.63) is 8.06 Å². The molecule has 4 heteroatoms. The van der Waals surface area contributed by atoms with Gasteiger partial charge in [-0.25, -0.2) is 0 Å². The average Bonchev–Trinajstić information content (AvgIpc) is 2.59. The van der Waals surface area contributed by atoms with E-state index in [0.717, 1.165) is 25.9 Å². The second-order valence-corrected chi connectivity index (χ2v) is 7.86. The zero-order valence-corrected chi connectivity index (χ0v) is 13.3. The van der Waals surface area contributed by atoms with Crippen molar-refractivity contribution in [2.45, 2.75) is 57.3 Å². The Morgan fingerprint density at radius 2 is 2.19 bits per heavy atom. The normalized spacial score (nSPS) is 32.1. The van der Waals surface area contributed by atoms with Gasteiger partial charge in [0.1, 0.15) is 0 Å². The predicted octanol–water partition coefficient (Wildman–Crippen LogP) is 4.51. The van der Waals surface area contributed by atoms with Crippen LogP contribution in [0.25, 0.3) is 0 Å². The summed E-state index contributed by atoms with van der Waals surface area (Å²) in [5.74, 6) is 0. The van der Waals surface area contributed by atoms with E-state index in [1.807, 2.05) is 6.92 Å². The summed E-state index contributed by atoms with van der Waals surface area (Å²) in [5, 5.41) is 0. The highest BCUT2D eigenvalue weighted by molar-refractivity contribution is 14.1. The van der Waals surface area contributed by atoms with Crippen LogP contribution in [-0.2, 0) is 9.47 Å². The van der Waals surface area contributed by atoms with Crippen molar-refractivity contribution in [3.8, 4) is 0 Å². The van der Waals surface area contributed by atoms with Crippen molar-refractivity contribution in [1.29, 1.82) is 0 Å². The number of hydrogen-bond acceptors (Lipinski definition) is 2. The van der Waals surface area contributed by atoms with Crippen LogP contribution in [0, 0.1) is 0 Å². The number of ether oxygens (including phenoxy) is 2. The minimum atomic E-state index is -0.0274. The van der Waals surface area contributed by atoms with E-state index in [-0.39, 0.29) is 11.9 Å². The van der Waals surface area contributed by atoms with Crippen LogP contribution >= 0.6 is 38.5 Å². The van der Waals surface area contributed by atoms with E-state index < -0.39 is 0 Å². The summed E-state index contributed by atoms with van der Waals surface area (Å²) in [4.78, 5) is 0. The van der Waals surface area contributed by atoms with Gasteiger partial charge >= 0.3 is 0 Å². The zero-order valence-electron chi connectivity index (χ0n) is 9.60. The maximum Gasteiger partial charge on any atom is 0.162 e.